The van der Waals surface area contributed by atoms with E-state index in [2.05, 4.69) is 15.2 Å². The van der Waals surface area contributed by atoms with E-state index in [0.717, 1.165) is 62.5 Å². The second-order valence-electron chi connectivity index (χ2n) is 7.20. The molecule has 3 rings (SSSR count). The van der Waals surface area contributed by atoms with E-state index in [9.17, 15) is 0 Å². The number of aliphatic imine (C=N–C) groups is 1. The molecule has 1 aromatic rings. The number of methoxy groups -OCH3 is 2. The van der Waals surface area contributed by atoms with Gasteiger partial charge in [-0.15, -0.1) is 24.0 Å². The number of hydrogen-bond acceptors (Lipinski definition) is 5. The number of hydrogen-bond donors (Lipinski definition) is 1. The lowest BCUT2D eigenvalue weighted by Gasteiger charge is -2.25. The number of nitrogens with one attached hydrogen (secondary N) is 1. The van der Waals surface area contributed by atoms with Gasteiger partial charge in [0, 0.05) is 56.9 Å². The Labute approximate surface area is 184 Å². The van der Waals surface area contributed by atoms with Crippen molar-refractivity contribution in [2.75, 3.05) is 60.7 Å². The number of rotatable bonds is 7. The minimum atomic E-state index is 0. The predicted octanol–water partition coefficient (Wildman–Crippen LogP) is 2.78. The molecule has 28 heavy (non-hydrogen) atoms. The highest BCUT2D eigenvalue weighted by Crippen LogP contribution is 2.38. The predicted molar refractivity (Wildman–Crippen MR) is 120 cm³/mol. The molecular weight excluding hydrogens is 473 g/mol. The maximum atomic E-state index is 5.84. The molecule has 0 saturated carbocycles. The highest BCUT2D eigenvalue weighted by atomic mass is 127. The van der Waals surface area contributed by atoms with E-state index in [-0.39, 0.29) is 24.0 Å². The van der Waals surface area contributed by atoms with Crippen molar-refractivity contribution in [3.63, 3.8) is 0 Å². The summed E-state index contributed by atoms with van der Waals surface area (Å²) in [4.78, 5) is 6.79. The van der Waals surface area contributed by atoms with Crippen LogP contribution in [0.4, 0.5) is 0 Å². The molecule has 0 aliphatic carbocycles. The third-order valence-corrected chi connectivity index (χ3v) is 5.33. The van der Waals surface area contributed by atoms with Gasteiger partial charge in [0.25, 0.3) is 0 Å². The first kappa shape index (κ1) is 22.9. The van der Waals surface area contributed by atoms with Crippen molar-refractivity contribution in [1.82, 2.24) is 10.2 Å². The van der Waals surface area contributed by atoms with E-state index in [1.165, 1.54) is 12.8 Å². The zero-order valence-electron chi connectivity index (χ0n) is 17.0. The molecule has 2 aliphatic rings. The molecule has 1 spiro atoms. The molecule has 2 fully saturated rings. The summed E-state index contributed by atoms with van der Waals surface area (Å²) in [6, 6.07) is 5.56. The van der Waals surface area contributed by atoms with Crippen LogP contribution in [0.2, 0.25) is 0 Å². The summed E-state index contributed by atoms with van der Waals surface area (Å²) in [7, 11) is 5.11. The fourth-order valence-electron chi connectivity index (χ4n) is 3.75. The maximum absolute atomic E-state index is 5.84. The number of nitrogens with zero attached hydrogens (tertiary/aromatic N) is 2. The Morgan fingerprint density at radius 1 is 1.18 bits per heavy atom. The normalized spacial score (nSPS) is 21.5. The van der Waals surface area contributed by atoms with Gasteiger partial charge >= 0.3 is 0 Å². The standard InChI is InChI=1S/C20H31N3O4.HI/c1-21-19(23-8-5-20(14-23)6-10-26-15-20)22-7-4-9-27-18-12-16(24-2)11-17(13-18)25-3;/h11-13H,4-10,14-15H2,1-3H3,(H,21,22);1H. The smallest absolute Gasteiger partial charge is 0.193 e. The van der Waals surface area contributed by atoms with Crippen molar-refractivity contribution in [1.29, 1.82) is 0 Å². The summed E-state index contributed by atoms with van der Waals surface area (Å²) in [5.41, 5.74) is 0.339. The topological polar surface area (TPSA) is 64.6 Å². The van der Waals surface area contributed by atoms with Gasteiger partial charge in [0.1, 0.15) is 17.2 Å². The Balaban J connectivity index is 0.00000280. The van der Waals surface area contributed by atoms with Crippen LogP contribution >= 0.6 is 24.0 Å². The Hall–Kier alpha value is -1.42. The van der Waals surface area contributed by atoms with E-state index >= 15 is 0 Å². The van der Waals surface area contributed by atoms with Crippen LogP contribution in [0.1, 0.15) is 19.3 Å². The number of guanidine groups is 1. The fraction of sp³-hybridized carbons (Fsp3) is 0.650. The van der Waals surface area contributed by atoms with Crippen molar-refractivity contribution in [2.24, 2.45) is 10.4 Å². The molecule has 1 atom stereocenters. The molecule has 0 amide bonds. The van der Waals surface area contributed by atoms with Crippen LogP contribution in [0.5, 0.6) is 17.2 Å². The maximum Gasteiger partial charge on any atom is 0.193 e. The summed E-state index contributed by atoms with van der Waals surface area (Å²) >= 11 is 0. The minimum Gasteiger partial charge on any atom is -0.496 e. The van der Waals surface area contributed by atoms with Gasteiger partial charge in [-0.1, -0.05) is 0 Å². The average Bonchev–Trinajstić information content (AvgIpc) is 3.34. The molecule has 158 valence electrons. The number of benzene rings is 1. The molecular formula is C20H32IN3O4. The van der Waals surface area contributed by atoms with E-state index < -0.39 is 0 Å². The zero-order chi connectivity index (χ0) is 19.1. The Morgan fingerprint density at radius 2 is 1.89 bits per heavy atom. The molecule has 1 aromatic carbocycles. The van der Waals surface area contributed by atoms with E-state index in [1.54, 1.807) is 14.2 Å². The number of halogens is 1. The van der Waals surface area contributed by atoms with Gasteiger partial charge in [-0.2, -0.15) is 0 Å². The third kappa shape index (κ3) is 5.79. The van der Waals surface area contributed by atoms with E-state index in [4.69, 9.17) is 18.9 Å². The van der Waals surface area contributed by atoms with Gasteiger partial charge in [-0.3, -0.25) is 4.99 Å². The van der Waals surface area contributed by atoms with Crippen LogP contribution in [-0.4, -0.2) is 71.6 Å². The monoisotopic (exact) mass is 505 g/mol. The summed E-state index contributed by atoms with van der Waals surface area (Å²) in [6.07, 6.45) is 3.23. The van der Waals surface area contributed by atoms with Gasteiger partial charge in [0.15, 0.2) is 5.96 Å². The van der Waals surface area contributed by atoms with Crippen molar-refractivity contribution >= 4 is 29.9 Å². The average molecular weight is 505 g/mol. The van der Waals surface area contributed by atoms with Crippen molar-refractivity contribution in [2.45, 2.75) is 19.3 Å². The lowest BCUT2D eigenvalue weighted by Crippen LogP contribution is -2.42. The first-order valence-electron chi connectivity index (χ1n) is 9.57. The first-order valence-corrected chi connectivity index (χ1v) is 9.57. The fourth-order valence-corrected chi connectivity index (χ4v) is 3.75. The highest BCUT2D eigenvalue weighted by molar-refractivity contribution is 14.0. The van der Waals surface area contributed by atoms with Crippen molar-refractivity contribution in [3.8, 4) is 17.2 Å². The van der Waals surface area contributed by atoms with Gasteiger partial charge in [0.2, 0.25) is 0 Å². The summed E-state index contributed by atoms with van der Waals surface area (Å²) in [6.45, 7) is 5.28. The summed E-state index contributed by atoms with van der Waals surface area (Å²) < 4.78 is 22.0. The quantitative estimate of drug-likeness (QED) is 0.266. The van der Waals surface area contributed by atoms with Crippen molar-refractivity contribution in [3.05, 3.63) is 18.2 Å². The number of ether oxygens (including phenoxy) is 4. The molecule has 0 aromatic heterocycles. The molecule has 1 unspecified atom stereocenters. The Kier molecular flexibility index (Phi) is 8.94. The lowest BCUT2D eigenvalue weighted by atomic mass is 9.87. The van der Waals surface area contributed by atoms with Crippen LogP contribution in [0.3, 0.4) is 0 Å². The summed E-state index contributed by atoms with van der Waals surface area (Å²) in [5, 5.41) is 3.45. The first-order chi connectivity index (χ1) is 13.2. The molecule has 7 nitrogen and oxygen atoms in total. The van der Waals surface area contributed by atoms with Crippen LogP contribution in [0.15, 0.2) is 23.2 Å². The molecule has 2 aliphatic heterocycles. The van der Waals surface area contributed by atoms with E-state index in [1.807, 2.05) is 25.2 Å². The van der Waals surface area contributed by atoms with Crippen molar-refractivity contribution < 1.29 is 18.9 Å². The Morgan fingerprint density at radius 3 is 2.50 bits per heavy atom. The Bertz CT molecular complexity index is 628. The number of likely N-dealkylation sites (tertiary alicyclic amines) is 1. The van der Waals surface area contributed by atoms with Gasteiger partial charge in [-0.25, -0.2) is 0 Å². The van der Waals surface area contributed by atoms with E-state index in [0.29, 0.717) is 12.0 Å². The van der Waals surface area contributed by atoms with Gasteiger partial charge < -0.3 is 29.2 Å². The third-order valence-electron chi connectivity index (χ3n) is 5.33. The van der Waals surface area contributed by atoms with Crippen LogP contribution in [0.25, 0.3) is 0 Å². The van der Waals surface area contributed by atoms with Crippen LogP contribution in [0, 0.1) is 5.41 Å². The van der Waals surface area contributed by atoms with Crippen LogP contribution < -0.4 is 19.5 Å². The summed E-state index contributed by atoms with van der Waals surface area (Å²) in [5.74, 6) is 3.17. The largest absolute Gasteiger partial charge is 0.496 e. The highest BCUT2D eigenvalue weighted by Gasteiger charge is 2.42. The molecule has 2 heterocycles. The molecule has 0 radical (unpaired) electrons. The molecule has 1 N–H and O–H groups in total. The van der Waals surface area contributed by atoms with Crippen LogP contribution in [-0.2, 0) is 4.74 Å². The molecule has 2 saturated heterocycles. The SMILES string of the molecule is CN=C(NCCCOc1cc(OC)cc(OC)c1)N1CCC2(CCOC2)C1.I. The minimum absolute atomic E-state index is 0. The van der Waals surface area contributed by atoms with Gasteiger partial charge in [0.05, 0.1) is 27.4 Å². The lowest BCUT2D eigenvalue weighted by molar-refractivity contribution is 0.156. The zero-order valence-corrected chi connectivity index (χ0v) is 19.4. The molecule has 8 heteroatoms. The molecule has 0 bridgehead atoms. The second-order valence-corrected chi connectivity index (χ2v) is 7.20. The van der Waals surface area contributed by atoms with Gasteiger partial charge in [-0.05, 0) is 19.3 Å². The second kappa shape index (κ2) is 10.9.